The normalized spacial score (nSPS) is 40.2. The van der Waals surface area contributed by atoms with Crippen LogP contribution in [0.1, 0.15) is 67.2 Å². The molecule has 1 aliphatic heterocycles. The van der Waals surface area contributed by atoms with E-state index in [1.807, 2.05) is 19.1 Å². The second kappa shape index (κ2) is 7.88. The monoisotopic (exact) mass is 406 g/mol. The predicted molar refractivity (Wildman–Crippen MR) is 107 cm³/mol. The number of ether oxygens (including phenoxy) is 3. The predicted octanol–water partition coefficient (Wildman–Crippen LogP) is 3.88. The minimum absolute atomic E-state index is 0.0875. The Morgan fingerprint density at radius 3 is 2.31 bits per heavy atom. The molecule has 6 nitrogen and oxygen atoms in total. The van der Waals surface area contributed by atoms with Crippen LogP contribution in [0.25, 0.3) is 0 Å². The maximum atomic E-state index is 11.7. The first-order valence-electron chi connectivity index (χ1n) is 10.5. The van der Waals surface area contributed by atoms with Crippen LogP contribution in [0.3, 0.4) is 0 Å². The van der Waals surface area contributed by atoms with Crippen LogP contribution in [0.15, 0.2) is 23.3 Å². The Morgan fingerprint density at radius 1 is 1.14 bits per heavy atom. The highest BCUT2D eigenvalue weighted by molar-refractivity contribution is 5.67. The van der Waals surface area contributed by atoms with Gasteiger partial charge >= 0.3 is 11.9 Å². The first-order valence-corrected chi connectivity index (χ1v) is 10.5. The van der Waals surface area contributed by atoms with Gasteiger partial charge in [-0.05, 0) is 48.2 Å². The van der Waals surface area contributed by atoms with Crippen molar-refractivity contribution >= 4 is 11.9 Å². The zero-order valence-electron chi connectivity index (χ0n) is 18.4. The second-order valence-corrected chi connectivity index (χ2v) is 9.77. The summed E-state index contributed by atoms with van der Waals surface area (Å²) in [4.78, 5) is 23.3. The Kier molecular flexibility index (Phi) is 5.98. The molecule has 0 amide bonds. The van der Waals surface area contributed by atoms with Crippen molar-refractivity contribution in [3.05, 3.63) is 23.3 Å². The Bertz CT molecular complexity index is 736. The van der Waals surface area contributed by atoms with E-state index in [1.54, 1.807) is 0 Å². The zero-order valence-corrected chi connectivity index (χ0v) is 18.4. The lowest BCUT2D eigenvalue weighted by molar-refractivity contribution is -0.215. The van der Waals surface area contributed by atoms with Crippen LogP contribution < -0.4 is 0 Å². The topological polar surface area (TPSA) is 82.1 Å². The molecule has 1 saturated carbocycles. The van der Waals surface area contributed by atoms with Crippen molar-refractivity contribution in [2.75, 3.05) is 0 Å². The van der Waals surface area contributed by atoms with E-state index in [4.69, 9.17) is 14.2 Å². The molecule has 3 aliphatic rings. The molecular formula is C23H34O6. The quantitative estimate of drug-likeness (QED) is 0.716. The molecule has 0 aromatic rings. The van der Waals surface area contributed by atoms with Crippen molar-refractivity contribution in [1.29, 1.82) is 0 Å². The van der Waals surface area contributed by atoms with Gasteiger partial charge in [0, 0.05) is 13.8 Å². The average Bonchev–Trinajstić information content (AvgIpc) is 2.91. The highest BCUT2D eigenvalue weighted by Gasteiger charge is 2.56. The standard InChI is InChI=1S/C23H34O6/c1-7-15-16(23(6)10-8-9-22(4,5)12-23)11-17(26)19-18(15)20(27-13(2)24)29-21(19)28-14(3)25/h7,11,17-21,26H,8-10,12H2,1-6H3/b15-7+/t17-,18+,19-,20+,21-,23+/m1/s1. The molecular weight excluding hydrogens is 372 g/mol. The van der Waals surface area contributed by atoms with Gasteiger partial charge in [-0.1, -0.05) is 39.3 Å². The molecule has 2 aliphatic carbocycles. The molecule has 3 rings (SSSR count). The summed E-state index contributed by atoms with van der Waals surface area (Å²) in [6.07, 6.45) is 5.59. The number of allylic oxidation sites excluding steroid dienone is 2. The third kappa shape index (κ3) is 4.29. The van der Waals surface area contributed by atoms with Crippen molar-refractivity contribution in [3.63, 3.8) is 0 Å². The number of hydrogen-bond donors (Lipinski definition) is 1. The maximum absolute atomic E-state index is 11.7. The third-order valence-electron chi connectivity index (χ3n) is 6.67. The molecule has 0 unspecified atom stereocenters. The van der Waals surface area contributed by atoms with E-state index in [1.165, 1.54) is 20.3 Å². The van der Waals surface area contributed by atoms with Gasteiger partial charge in [0.15, 0.2) is 0 Å². The maximum Gasteiger partial charge on any atom is 0.304 e. The van der Waals surface area contributed by atoms with Crippen molar-refractivity contribution in [2.45, 2.75) is 85.9 Å². The van der Waals surface area contributed by atoms with Gasteiger partial charge in [-0.2, -0.15) is 0 Å². The summed E-state index contributed by atoms with van der Waals surface area (Å²) in [5, 5.41) is 11.1. The van der Waals surface area contributed by atoms with Crippen LogP contribution in [0.2, 0.25) is 0 Å². The van der Waals surface area contributed by atoms with Crippen LogP contribution >= 0.6 is 0 Å². The highest BCUT2D eigenvalue weighted by atomic mass is 16.8. The lowest BCUT2D eigenvalue weighted by Crippen LogP contribution is -2.43. The molecule has 0 aromatic heterocycles. The van der Waals surface area contributed by atoms with Crippen molar-refractivity contribution < 1.29 is 28.9 Å². The largest absolute Gasteiger partial charge is 0.435 e. The minimum Gasteiger partial charge on any atom is -0.435 e. The summed E-state index contributed by atoms with van der Waals surface area (Å²) in [5.74, 6) is -1.87. The smallest absolute Gasteiger partial charge is 0.304 e. The molecule has 6 heteroatoms. The summed E-state index contributed by atoms with van der Waals surface area (Å²) in [6, 6.07) is 0. The van der Waals surface area contributed by atoms with Crippen molar-refractivity contribution in [2.24, 2.45) is 22.7 Å². The van der Waals surface area contributed by atoms with Gasteiger partial charge < -0.3 is 19.3 Å². The number of aliphatic hydroxyl groups excluding tert-OH is 1. The van der Waals surface area contributed by atoms with E-state index in [2.05, 4.69) is 20.8 Å². The number of fused-ring (bicyclic) bond motifs is 1. The fourth-order valence-electron chi connectivity index (χ4n) is 5.80. The number of aliphatic hydroxyl groups is 1. The molecule has 2 fully saturated rings. The summed E-state index contributed by atoms with van der Waals surface area (Å²) < 4.78 is 16.6. The molecule has 0 aromatic carbocycles. The summed E-state index contributed by atoms with van der Waals surface area (Å²) >= 11 is 0. The molecule has 1 heterocycles. The van der Waals surface area contributed by atoms with Gasteiger partial charge in [0.05, 0.1) is 17.9 Å². The number of carbonyl (C=O) groups excluding carboxylic acids is 2. The number of rotatable bonds is 3. The summed E-state index contributed by atoms with van der Waals surface area (Å²) in [7, 11) is 0. The molecule has 29 heavy (non-hydrogen) atoms. The van der Waals surface area contributed by atoms with Gasteiger partial charge in [-0.25, -0.2) is 0 Å². The lowest BCUT2D eigenvalue weighted by atomic mass is 9.57. The van der Waals surface area contributed by atoms with Gasteiger partial charge in [-0.3, -0.25) is 9.59 Å². The second-order valence-electron chi connectivity index (χ2n) is 9.77. The van der Waals surface area contributed by atoms with Crippen LogP contribution in [0, 0.1) is 22.7 Å². The van der Waals surface area contributed by atoms with Gasteiger partial charge in [0.1, 0.15) is 0 Å². The molecule has 162 valence electrons. The van der Waals surface area contributed by atoms with Crippen LogP contribution in [-0.2, 0) is 23.8 Å². The molecule has 1 N–H and O–H groups in total. The Hall–Kier alpha value is -1.66. The summed E-state index contributed by atoms with van der Waals surface area (Å²) in [6.45, 7) is 11.4. The van der Waals surface area contributed by atoms with Gasteiger partial charge in [0.2, 0.25) is 12.6 Å². The fourth-order valence-corrected chi connectivity index (χ4v) is 5.80. The fraction of sp³-hybridized carbons (Fsp3) is 0.739. The lowest BCUT2D eigenvalue weighted by Gasteiger charge is -2.48. The molecule has 1 saturated heterocycles. The Morgan fingerprint density at radius 2 is 1.76 bits per heavy atom. The van der Waals surface area contributed by atoms with E-state index < -0.39 is 36.5 Å². The Balaban J connectivity index is 2.03. The van der Waals surface area contributed by atoms with E-state index in [0.29, 0.717) is 0 Å². The van der Waals surface area contributed by atoms with E-state index >= 15 is 0 Å². The number of esters is 2. The number of hydrogen-bond acceptors (Lipinski definition) is 6. The molecule has 0 radical (unpaired) electrons. The van der Waals surface area contributed by atoms with Gasteiger partial charge in [0.25, 0.3) is 0 Å². The van der Waals surface area contributed by atoms with Crippen LogP contribution in [0.5, 0.6) is 0 Å². The zero-order chi connectivity index (χ0) is 21.6. The molecule has 0 spiro atoms. The van der Waals surface area contributed by atoms with Crippen molar-refractivity contribution in [1.82, 2.24) is 0 Å². The first-order chi connectivity index (χ1) is 13.5. The van der Waals surface area contributed by atoms with Crippen LogP contribution in [-0.4, -0.2) is 35.7 Å². The molecule has 0 bridgehead atoms. The van der Waals surface area contributed by atoms with E-state index in [9.17, 15) is 14.7 Å². The SMILES string of the molecule is C/C=C1\C([C@@]2(C)CCCC(C)(C)C2)=C[C@@H](O)[C@H]2[C@H](OC(C)=O)O[C@H](OC(C)=O)[C@@H]12. The highest BCUT2D eigenvalue weighted by Crippen LogP contribution is 2.57. The van der Waals surface area contributed by atoms with E-state index in [0.717, 1.165) is 30.4 Å². The number of carbonyl (C=O) groups is 2. The molecule has 6 atom stereocenters. The first kappa shape index (κ1) is 22.0. The van der Waals surface area contributed by atoms with Crippen molar-refractivity contribution in [3.8, 4) is 0 Å². The third-order valence-corrected chi connectivity index (χ3v) is 6.67. The minimum atomic E-state index is -0.958. The van der Waals surface area contributed by atoms with Gasteiger partial charge in [-0.15, -0.1) is 0 Å². The Labute approximate surface area is 173 Å². The summed E-state index contributed by atoms with van der Waals surface area (Å²) in [5.41, 5.74) is 2.25. The van der Waals surface area contributed by atoms with Crippen LogP contribution in [0.4, 0.5) is 0 Å². The average molecular weight is 407 g/mol. The van der Waals surface area contributed by atoms with E-state index in [-0.39, 0.29) is 16.7 Å².